The second-order valence-electron chi connectivity index (χ2n) is 3.02. The van der Waals surface area contributed by atoms with Crippen molar-refractivity contribution in [1.82, 2.24) is 0 Å². The van der Waals surface area contributed by atoms with Crippen LogP contribution in [0.25, 0.3) is 0 Å². The number of sulfone groups is 1. The molecule has 0 aliphatic rings. The molecule has 9 heteroatoms. The van der Waals surface area contributed by atoms with Gasteiger partial charge in [0, 0.05) is 56.7 Å². The molecule has 0 amide bonds. The Morgan fingerprint density at radius 2 is 1.19 bits per heavy atom. The van der Waals surface area contributed by atoms with E-state index in [0.29, 0.717) is 0 Å². The molecule has 0 aliphatic heterocycles. The summed E-state index contributed by atoms with van der Waals surface area (Å²) >= 11 is 0. The molecule has 0 bridgehead atoms. The fraction of sp³-hybridized carbons (Fsp3) is 1.00. The van der Waals surface area contributed by atoms with Crippen molar-refractivity contribution in [2.75, 3.05) is 45.9 Å². The molecule has 0 rings (SSSR count). The van der Waals surface area contributed by atoms with Gasteiger partial charge < -0.3 is 9.05 Å². The molecule has 0 aromatic heterocycles. The normalized spacial score (nSPS) is 11.0. The Morgan fingerprint density at radius 1 is 1.06 bits per heavy atom. The van der Waals surface area contributed by atoms with E-state index in [1.165, 1.54) is 20.9 Å². The maximum absolute atomic E-state index is 10.5. The van der Waals surface area contributed by atoms with Crippen LogP contribution in [0.4, 0.5) is 0 Å². The monoisotopic (exact) mass is 296 g/mol. The molecule has 16 heavy (non-hydrogen) atoms. The van der Waals surface area contributed by atoms with Crippen molar-refractivity contribution in [1.29, 1.82) is 0 Å². The van der Waals surface area contributed by atoms with E-state index >= 15 is 0 Å². The Kier molecular flexibility index (Phi) is 14.0. The van der Waals surface area contributed by atoms with Crippen molar-refractivity contribution in [3.8, 4) is 0 Å². The first-order valence-electron chi connectivity index (χ1n) is 3.94. The van der Waals surface area contributed by atoms with E-state index in [1.54, 1.807) is 12.5 Å². The molecule has 0 saturated heterocycles. The molecule has 0 fully saturated rings. The molecular weight excluding hydrogens is 275 g/mol. The quantitative estimate of drug-likeness (QED) is 0.699. The topological polar surface area (TPSA) is 86.7 Å². The number of rotatable bonds is 2. The van der Waals surface area contributed by atoms with Crippen molar-refractivity contribution >= 4 is 28.2 Å². The first kappa shape index (κ1) is 21.5. The zero-order valence-electron chi connectivity index (χ0n) is 10.7. The van der Waals surface area contributed by atoms with E-state index < -0.39 is 28.2 Å². The van der Waals surface area contributed by atoms with Crippen molar-refractivity contribution in [3.63, 3.8) is 0 Å². The molecule has 0 atom stereocenters. The Labute approximate surface area is 101 Å². The predicted molar refractivity (Wildman–Crippen MR) is 68.3 cm³/mol. The Bertz CT molecular complexity index is 304. The summed E-state index contributed by atoms with van der Waals surface area (Å²) in [6.45, 7) is 1.41. The van der Waals surface area contributed by atoms with Crippen LogP contribution >= 0.6 is 7.60 Å². The van der Waals surface area contributed by atoms with Gasteiger partial charge in [-0.15, -0.1) is 0 Å². The summed E-state index contributed by atoms with van der Waals surface area (Å²) in [6, 6.07) is 0. The Morgan fingerprint density at radius 3 is 1.19 bits per heavy atom. The number of hydrogen-bond acceptors (Lipinski definition) is 6. The molecule has 6 nitrogen and oxygen atoms in total. The van der Waals surface area contributed by atoms with E-state index in [-0.39, 0.29) is 0 Å². The predicted octanol–water partition coefficient (Wildman–Crippen LogP) is 0.758. The molecule has 0 saturated carbocycles. The van der Waals surface area contributed by atoms with E-state index in [9.17, 15) is 17.2 Å². The first-order valence-corrected chi connectivity index (χ1v) is 10.2. The molecule has 0 aliphatic carbocycles. The summed E-state index contributed by atoms with van der Waals surface area (Å²) < 4.78 is 48.2. The summed E-state index contributed by atoms with van der Waals surface area (Å²) in [6.07, 6.45) is 5.60. The smallest absolute Gasteiger partial charge is 0.312 e. The fourth-order valence-electron chi connectivity index (χ4n) is 0.0745. The molecule has 0 aromatic rings. The van der Waals surface area contributed by atoms with Gasteiger partial charge in [-0.1, -0.05) is 0 Å². The minimum absolute atomic E-state index is 0.611. The lowest BCUT2D eigenvalue weighted by molar-refractivity contribution is 0.282. The Hall–Kier alpha value is 0.250. The summed E-state index contributed by atoms with van der Waals surface area (Å²) in [4.78, 5) is 0. The van der Waals surface area contributed by atoms with E-state index in [2.05, 4.69) is 9.05 Å². The van der Waals surface area contributed by atoms with Gasteiger partial charge >= 0.3 is 7.60 Å². The highest BCUT2D eigenvalue weighted by molar-refractivity contribution is 7.89. The highest BCUT2D eigenvalue weighted by Crippen LogP contribution is 2.40. The second-order valence-corrected chi connectivity index (χ2v) is 9.06. The van der Waals surface area contributed by atoms with Gasteiger partial charge in [-0.3, -0.25) is 8.77 Å². The van der Waals surface area contributed by atoms with Gasteiger partial charge in [0.15, 0.2) is 0 Å². The van der Waals surface area contributed by atoms with Crippen LogP contribution in [0, 0.1) is 0 Å². The average molecular weight is 296 g/mol. The second kappa shape index (κ2) is 10.4. The van der Waals surface area contributed by atoms with Crippen molar-refractivity contribution < 1.29 is 26.2 Å². The molecule has 0 heterocycles. The molecule has 102 valence electrons. The first-order chi connectivity index (χ1) is 6.85. The van der Waals surface area contributed by atoms with Crippen LogP contribution < -0.4 is 0 Å². The fourth-order valence-corrected chi connectivity index (χ4v) is 0.224. The highest BCUT2D eigenvalue weighted by atomic mass is 32.2. The van der Waals surface area contributed by atoms with Crippen LogP contribution in [0.3, 0.4) is 0 Å². The van der Waals surface area contributed by atoms with Crippen LogP contribution in [0.5, 0.6) is 0 Å². The maximum atomic E-state index is 10.5. The van der Waals surface area contributed by atoms with E-state index in [4.69, 9.17) is 0 Å². The molecule has 0 aromatic carbocycles. The lowest BCUT2D eigenvalue weighted by Gasteiger charge is -2.04. The van der Waals surface area contributed by atoms with Crippen LogP contribution in [0.15, 0.2) is 0 Å². The minimum atomic E-state index is -2.67. The third-order valence-corrected chi connectivity index (χ3v) is 1.99. The third-order valence-electron chi connectivity index (χ3n) is 0.663. The average Bonchev–Trinajstić information content (AvgIpc) is 2.00. The molecule has 0 spiro atoms. The summed E-state index contributed by atoms with van der Waals surface area (Å²) in [5.41, 5.74) is 0. The largest absolute Gasteiger partial charge is 0.327 e. The van der Waals surface area contributed by atoms with Crippen LogP contribution in [-0.4, -0.2) is 58.5 Å². The van der Waals surface area contributed by atoms with Gasteiger partial charge in [-0.05, 0) is 0 Å². The standard InChI is InChI=1S/C3H9O3P.C2H6O2S.C2H6OS/c1-5-7(3,4)6-2;1-5(2,3)4;1-4(2)3/h1-3H3;1-2H3;1-2H3. The molecular formula is C7H21O6PS2. The van der Waals surface area contributed by atoms with Crippen molar-refractivity contribution in [3.05, 3.63) is 0 Å². The van der Waals surface area contributed by atoms with Crippen molar-refractivity contribution in [2.24, 2.45) is 0 Å². The molecule has 0 unspecified atom stereocenters. The van der Waals surface area contributed by atoms with E-state index in [1.807, 2.05) is 0 Å². The van der Waals surface area contributed by atoms with Gasteiger partial charge in [-0.25, -0.2) is 8.42 Å². The molecule has 0 N–H and O–H groups in total. The summed E-state index contributed by atoms with van der Waals surface area (Å²) in [5.74, 6) is 0. The van der Waals surface area contributed by atoms with Gasteiger partial charge in [0.1, 0.15) is 9.84 Å². The van der Waals surface area contributed by atoms with Gasteiger partial charge in [0.2, 0.25) is 0 Å². The lowest BCUT2D eigenvalue weighted by atomic mass is 11.8. The lowest BCUT2D eigenvalue weighted by Crippen LogP contribution is -1.86. The Balaban J connectivity index is -0.000000166. The van der Waals surface area contributed by atoms with Gasteiger partial charge in [-0.2, -0.15) is 0 Å². The van der Waals surface area contributed by atoms with Crippen LogP contribution in [0.1, 0.15) is 0 Å². The van der Waals surface area contributed by atoms with Gasteiger partial charge in [0.25, 0.3) is 0 Å². The maximum Gasteiger partial charge on any atom is 0.327 e. The van der Waals surface area contributed by atoms with Crippen LogP contribution in [0.2, 0.25) is 0 Å². The van der Waals surface area contributed by atoms with Crippen molar-refractivity contribution in [2.45, 2.75) is 0 Å². The highest BCUT2D eigenvalue weighted by Gasteiger charge is 2.08. The molecule has 0 radical (unpaired) electrons. The van der Waals surface area contributed by atoms with Crippen LogP contribution in [-0.2, 0) is 34.2 Å². The summed E-state index contributed by atoms with van der Waals surface area (Å²) in [7, 11) is -3.23. The minimum Gasteiger partial charge on any atom is -0.312 e. The summed E-state index contributed by atoms with van der Waals surface area (Å²) in [5, 5.41) is 0. The van der Waals surface area contributed by atoms with Gasteiger partial charge in [0.05, 0.1) is 0 Å². The van der Waals surface area contributed by atoms with E-state index in [0.717, 1.165) is 12.5 Å². The zero-order chi connectivity index (χ0) is 14.0. The zero-order valence-corrected chi connectivity index (χ0v) is 13.2. The third kappa shape index (κ3) is 64.0. The number of hydrogen-bond donors (Lipinski definition) is 0. The SMILES string of the molecule is COP(C)(=O)OC.CS(C)(=O)=O.CS(C)=O.